The standard InChI is InChI=1S/C18H21N2/c1-14-11-15(2)18(16(3)12-14)20-10-9-19(13-20)17-7-5-4-6-8-17/h4-8,11-13H,9-10H2,1-3H3/q+1. The lowest BCUT2D eigenvalue weighted by atomic mass is 10.0. The van der Waals surface area contributed by atoms with Crippen LogP contribution in [0.3, 0.4) is 0 Å². The molecule has 3 rings (SSSR count). The van der Waals surface area contributed by atoms with Crippen molar-refractivity contribution in [3.8, 4) is 0 Å². The Balaban J connectivity index is 1.97. The molecule has 0 atom stereocenters. The molecule has 2 aromatic carbocycles. The van der Waals surface area contributed by atoms with Crippen LogP contribution in [0.5, 0.6) is 0 Å². The van der Waals surface area contributed by atoms with Crippen molar-refractivity contribution in [2.45, 2.75) is 20.8 Å². The monoisotopic (exact) mass is 265 g/mol. The van der Waals surface area contributed by atoms with Crippen LogP contribution in [0.2, 0.25) is 0 Å². The molecule has 0 saturated carbocycles. The minimum atomic E-state index is 1.04. The van der Waals surface area contributed by atoms with Crippen molar-refractivity contribution in [1.29, 1.82) is 0 Å². The molecule has 0 radical (unpaired) electrons. The van der Waals surface area contributed by atoms with Gasteiger partial charge in [-0.2, -0.15) is 0 Å². The van der Waals surface area contributed by atoms with Gasteiger partial charge in [-0.25, -0.2) is 9.48 Å². The molecular formula is C18H21N2+. The Morgan fingerprint density at radius 2 is 1.60 bits per heavy atom. The maximum absolute atomic E-state index is 2.37. The zero-order valence-electron chi connectivity index (χ0n) is 12.4. The van der Waals surface area contributed by atoms with Gasteiger partial charge >= 0.3 is 0 Å². The lowest BCUT2D eigenvalue weighted by Gasteiger charge is -2.09. The highest BCUT2D eigenvalue weighted by Crippen LogP contribution is 2.26. The van der Waals surface area contributed by atoms with E-state index in [2.05, 4.69) is 79.0 Å². The van der Waals surface area contributed by atoms with Gasteiger partial charge in [-0.15, -0.1) is 0 Å². The first-order chi connectivity index (χ1) is 9.65. The summed E-state index contributed by atoms with van der Waals surface area (Å²) in [5.41, 5.74) is 6.66. The Morgan fingerprint density at radius 1 is 0.950 bits per heavy atom. The van der Waals surface area contributed by atoms with Gasteiger partial charge < -0.3 is 0 Å². The Morgan fingerprint density at radius 3 is 2.25 bits per heavy atom. The fourth-order valence-corrected chi connectivity index (χ4v) is 3.11. The predicted molar refractivity (Wildman–Crippen MR) is 85.3 cm³/mol. The number of para-hydroxylation sites is 1. The van der Waals surface area contributed by atoms with E-state index < -0.39 is 0 Å². The van der Waals surface area contributed by atoms with Crippen LogP contribution in [-0.4, -0.2) is 24.0 Å². The number of hydrogen-bond donors (Lipinski definition) is 0. The third-order valence-electron chi connectivity index (χ3n) is 3.87. The van der Waals surface area contributed by atoms with E-state index in [1.54, 1.807) is 0 Å². The van der Waals surface area contributed by atoms with E-state index in [1.807, 2.05) is 0 Å². The number of hydrogen-bond acceptors (Lipinski definition) is 1. The maximum Gasteiger partial charge on any atom is 0.244 e. The molecule has 0 bridgehead atoms. The molecule has 0 aromatic heterocycles. The van der Waals surface area contributed by atoms with Gasteiger partial charge in [0.05, 0.1) is 0 Å². The molecule has 0 unspecified atom stereocenters. The molecule has 1 aliphatic heterocycles. The summed E-state index contributed by atoms with van der Waals surface area (Å²) in [7, 11) is 0. The van der Waals surface area contributed by atoms with E-state index in [4.69, 9.17) is 0 Å². The van der Waals surface area contributed by atoms with E-state index in [9.17, 15) is 0 Å². The van der Waals surface area contributed by atoms with E-state index in [1.165, 1.54) is 28.1 Å². The molecule has 102 valence electrons. The molecule has 2 heteroatoms. The van der Waals surface area contributed by atoms with E-state index in [0.29, 0.717) is 0 Å². The lowest BCUT2D eigenvalue weighted by molar-refractivity contribution is -0.425. The van der Waals surface area contributed by atoms with E-state index in [-0.39, 0.29) is 0 Å². The van der Waals surface area contributed by atoms with Gasteiger partial charge in [-0.1, -0.05) is 35.9 Å². The van der Waals surface area contributed by atoms with Crippen molar-refractivity contribution in [2.75, 3.05) is 18.0 Å². The van der Waals surface area contributed by atoms with Crippen LogP contribution in [0.25, 0.3) is 0 Å². The summed E-state index contributed by atoms with van der Waals surface area (Å²) in [6, 6.07) is 15.1. The Kier molecular flexibility index (Phi) is 3.31. The second kappa shape index (κ2) is 5.12. The van der Waals surface area contributed by atoms with Gasteiger partial charge in [-0.05, 0) is 44.0 Å². The lowest BCUT2D eigenvalue weighted by Crippen LogP contribution is -2.17. The summed E-state index contributed by atoms with van der Waals surface area (Å²) in [5.74, 6) is 0. The summed E-state index contributed by atoms with van der Waals surface area (Å²) < 4.78 is 2.37. The quantitative estimate of drug-likeness (QED) is 0.748. The topological polar surface area (TPSA) is 6.25 Å². The van der Waals surface area contributed by atoms with Crippen molar-refractivity contribution in [3.05, 3.63) is 59.2 Å². The average molecular weight is 265 g/mol. The highest BCUT2D eigenvalue weighted by Gasteiger charge is 2.24. The first-order valence-electron chi connectivity index (χ1n) is 7.16. The van der Waals surface area contributed by atoms with Gasteiger partial charge in [0.15, 0.2) is 0 Å². The first-order valence-corrected chi connectivity index (χ1v) is 7.16. The van der Waals surface area contributed by atoms with Crippen molar-refractivity contribution < 1.29 is 4.58 Å². The zero-order valence-corrected chi connectivity index (χ0v) is 12.4. The van der Waals surface area contributed by atoms with E-state index >= 15 is 0 Å². The van der Waals surface area contributed by atoms with Crippen LogP contribution in [-0.2, 0) is 0 Å². The first kappa shape index (κ1) is 12.9. The molecule has 0 N–H and O–H groups in total. The number of anilines is 1. The third-order valence-corrected chi connectivity index (χ3v) is 3.87. The largest absolute Gasteiger partial charge is 0.244 e. The van der Waals surface area contributed by atoms with Crippen molar-refractivity contribution in [2.24, 2.45) is 0 Å². The van der Waals surface area contributed by atoms with Crippen molar-refractivity contribution >= 4 is 17.7 Å². The molecule has 2 nitrogen and oxygen atoms in total. The van der Waals surface area contributed by atoms with Gasteiger partial charge in [0.25, 0.3) is 0 Å². The SMILES string of the molecule is Cc1cc(C)c([N+]2=CN(c3ccccc3)CC2)c(C)c1. The molecule has 1 aliphatic rings. The molecule has 0 fully saturated rings. The Bertz CT molecular complexity index is 633. The molecule has 2 aromatic rings. The molecule has 0 aliphatic carbocycles. The van der Waals surface area contributed by atoms with Crippen LogP contribution >= 0.6 is 0 Å². The predicted octanol–water partition coefficient (Wildman–Crippen LogP) is 3.80. The van der Waals surface area contributed by atoms with Crippen molar-refractivity contribution in [1.82, 2.24) is 0 Å². The van der Waals surface area contributed by atoms with Crippen LogP contribution in [0.15, 0.2) is 42.5 Å². The fraction of sp³-hybridized carbons (Fsp3) is 0.278. The summed E-state index contributed by atoms with van der Waals surface area (Å²) in [6.07, 6.45) is 2.24. The molecular weight excluding hydrogens is 244 g/mol. The Hall–Kier alpha value is -2.09. The Labute approximate surface area is 121 Å². The third kappa shape index (κ3) is 2.34. The van der Waals surface area contributed by atoms with Gasteiger partial charge in [-0.3, -0.25) is 0 Å². The summed E-state index contributed by atoms with van der Waals surface area (Å²) in [4.78, 5) is 2.32. The smallest absolute Gasteiger partial charge is 0.230 e. The second-order valence-electron chi connectivity index (χ2n) is 5.59. The van der Waals surface area contributed by atoms with Crippen LogP contribution in [0.4, 0.5) is 11.4 Å². The minimum absolute atomic E-state index is 1.04. The summed E-state index contributed by atoms with van der Waals surface area (Å²) in [6.45, 7) is 8.65. The number of nitrogens with zero attached hydrogens (tertiary/aromatic N) is 2. The minimum Gasteiger partial charge on any atom is -0.230 e. The normalized spacial score (nSPS) is 14.6. The van der Waals surface area contributed by atoms with Crippen LogP contribution < -0.4 is 4.90 Å². The summed E-state index contributed by atoms with van der Waals surface area (Å²) in [5, 5.41) is 0. The number of rotatable bonds is 2. The number of benzene rings is 2. The zero-order chi connectivity index (χ0) is 14.1. The fourth-order valence-electron chi connectivity index (χ4n) is 3.11. The van der Waals surface area contributed by atoms with Crippen molar-refractivity contribution in [3.63, 3.8) is 0 Å². The molecule has 20 heavy (non-hydrogen) atoms. The molecule has 0 amide bonds. The van der Waals surface area contributed by atoms with Gasteiger partial charge in [0.1, 0.15) is 24.5 Å². The average Bonchev–Trinajstić information content (AvgIpc) is 2.88. The van der Waals surface area contributed by atoms with Gasteiger partial charge in [0, 0.05) is 0 Å². The van der Waals surface area contributed by atoms with Crippen LogP contribution in [0, 0.1) is 20.8 Å². The molecule has 0 spiro atoms. The summed E-state index contributed by atoms with van der Waals surface area (Å²) >= 11 is 0. The van der Waals surface area contributed by atoms with E-state index in [0.717, 1.165) is 13.1 Å². The van der Waals surface area contributed by atoms with Crippen LogP contribution in [0.1, 0.15) is 16.7 Å². The second-order valence-corrected chi connectivity index (χ2v) is 5.59. The molecule has 0 saturated heterocycles. The molecule has 1 heterocycles. The number of aryl methyl sites for hydroxylation is 3. The van der Waals surface area contributed by atoms with Gasteiger partial charge in [0.2, 0.25) is 6.34 Å². The highest BCUT2D eigenvalue weighted by atomic mass is 15.3. The maximum atomic E-state index is 2.37. The highest BCUT2D eigenvalue weighted by molar-refractivity contribution is 5.78.